The van der Waals surface area contributed by atoms with Gasteiger partial charge in [-0.25, -0.2) is 0 Å². The van der Waals surface area contributed by atoms with Gasteiger partial charge in [0.25, 0.3) is 0 Å². The van der Waals surface area contributed by atoms with Crippen molar-refractivity contribution < 1.29 is 14.3 Å². The second-order valence-corrected chi connectivity index (χ2v) is 6.27. The highest BCUT2D eigenvalue weighted by Gasteiger charge is 2.28. The molecule has 0 atom stereocenters. The average molecular weight is 303 g/mol. The van der Waals surface area contributed by atoms with Gasteiger partial charge < -0.3 is 14.8 Å². The third-order valence-corrected chi connectivity index (χ3v) is 3.90. The van der Waals surface area contributed by atoms with Crippen molar-refractivity contribution in [1.82, 2.24) is 5.32 Å². The van der Waals surface area contributed by atoms with Crippen molar-refractivity contribution in [3.63, 3.8) is 0 Å². The fourth-order valence-corrected chi connectivity index (χ4v) is 2.55. The molecule has 0 aliphatic rings. The van der Waals surface area contributed by atoms with Crippen LogP contribution in [-0.4, -0.2) is 17.6 Å². The lowest BCUT2D eigenvalue weighted by Gasteiger charge is -2.25. The molecule has 0 radical (unpaired) electrons. The SMILES string of the molecule is CC(=O)NCC(C)(C)c1oc2c(C)c(O)ccc2c(=O)c1C. The summed E-state index contributed by atoms with van der Waals surface area (Å²) >= 11 is 0. The van der Waals surface area contributed by atoms with E-state index < -0.39 is 5.41 Å². The van der Waals surface area contributed by atoms with Gasteiger partial charge in [0, 0.05) is 30.0 Å². The number of benzene rings is 1. The standard InChI is InChI=1S/C17H21NO4/c1-9-13(20)7-6-12-14(21)10(2)16(22-15(9)12)17(4,5)8-18-11(3)19/h6-7,20H,8H2,1-5H3,(H,18,19). The van der Waals surface area contributed by atoms with Crippen LogP contribution >= 0.6 is 0 Å². The highest BCUT2D eigenvalue weighted by atomic mass is 16.3. The van der Waals surface area contributed by atoms with E-state index in [9.17, 15) is 14.7 Å². The van der Waals surface area contributed by atoms with Crippen LogP contribution in [0.3, 0.4) is 0 Å². The Labute approximate surface area is 129 Å². The minimum atomic E-state index is -0.541. The van der Waals surface area contributed by atoms with Crippen molar-refractivity contribution in [2.24, 2.45) is 0 Å². The molecule has 0 unspecified atom stereocenters. The maximum atomic E-state index is 12.6. The molecule has 0 aliphatic heterocycles. The van der Waals surface area contributed by atoms with E-state index in [1.807, 2.05) is 13.8 Å². The lowest BCUT2D eigenvalue weighted by Crippen LogP contribution is -2.36. The number of phenolic OH excluding ortho intramolecular Hbond substituents is 1. The van der Waals surface area contributed by atoms with E-state index in [1.54, 1.807) is 19.9 Å². The van der Waals surface area contributed by atoms with Crippen LogP contribution in [0.2, 0.25) is 0 Å². The van der Waals surface area contributed by atoms with Crippen LogP contribution in [0.25, 0.3) is 11.0 Å². The summed E-state index contributed by atoms with van der Waals surface area (Å²) in [6, 6.07) is 3.07. The average Bonchev–Trinajstić information content (AvgIpc) is 2.44. The molecule has 1 aromatic heterocycles. The number of phenols is 1. The van der Waals surface area contributed by atoms with Crippen molar-refractivity contribution in [3.8, 4) is 5.75 Å². The third-order valence-electron chi connectivity index (χ3n) is 3.90. The number of carbonyl (C=O) groups is 1. The van der Waals surface area contributed by atoms with Gasteiger partial charge in [0.15, 0.2) is 5.43 Å². The lowest BCUT2D eigenvalue weighted by molar-refractivity contribution is -0.119. The number of aromatic hydroxyl groups is 1. The van der Waals surface area contributed by atoms with E-state index >= 15 is 0 Å². The highest BCUT2D eigenvalue weighted by Crippen LogP contribution is 2.31. The molecule has 22 heavy (non-hydrogen) atoms. The van der Waals surface area contributed by atoms with E-state index in [0.717, 1.165) is 0 Å². The Balaban J connectivity index is 2.69. The number of amides is 1. The van der Waals surface area contributed by atoms with E-state index in [-0.39, 0.29) is 17.1 Å². The molecule has 5 heteroatoms. The quantitative estimate of drug-likeness (QED) is 0.913. The van der Waals surface area contributed by atoms with Crippen molar-refractivity contribution in [1.29, 1.82) is 0 Å². The van der Waals surface area contributed by atoms with Gasteiger partial charge in [0.05, 0.1) is 5.39 Å². The van der Waals surface area contributed by atoms with Crippen LogP contribution in [0.4, 0.5) is 0 Å². The van der Waals surface area contributed by atoms with E-state index in [2.05, 4.69) is 5.32 Å². The minimum absolute atomic E-state index is 0.0881. The number of hydrogen-bond acceptors (Lipinski definition) is 4. The lowest BCUT2D eigenvalue weighted by atomic mass is 9.86. The maximum Gasteiger partial charge on any atom is 0.216 e. The minimum Gasteiger partial charge on any atom is -0.508 e. The Morgan fingerprint density at radius 1 is 1.27 bits per heavy atom. The van der Waals surface area contributed by atoms with Gasteiger partial charge >= 0.3 is 0 Å². The summed E-state index contributed by atoms with van der Waals surface area (Å²) in [6.07, 6.45) is 0. The van der Waals surface area contributed by atoms with Gasteiger partial charge in [-0.05, 0) is 26.0 Å². The van der Waals surface area contributed by atoms with Crippen LogP contribution in [0.1, 0.15) is 37.7 Å². The third kappa shape index (κ3) is 2.71. The monoisotopic (exact) mass is 303 g/mol. The van der Waals surface area contributed by atoms with Crippen LogP contribution in [0, 0.1) is 13.8 Å². The van der Waals surface area contributed by atoms with Crippen molar-refractivity contribution in [2.75, 3.05) is 6.54 Å². The molecular weight excluding hydrogens is 282 g/mol. The smallest absolute Gasteiger partial charge is 0.216 e. The van der Waals surface area contributed by atoms with Crippen molar-refractivity contribution in [2.45, 2.75) is 40.0 Å². The molecule has 0 fully saturated rings. The summed E-state index contributed by atoms with van der Waals surface area (Å²) in [6.45, 7) is 9.03. The summed E-state index contributed by atoms with van der Waals surface area (Å²) < 4.78 is 5.97. The van der Waals surface area contributed by atoms with Gasteiger partial charge in [-0.15, -0.1) is 0 Å². The summed E-state index contributed by atoms with van der Waals surface area (Å²) in [5, 5.41) is 13.0. The second-order valence-electron chi connectivity index (χ2n) is 6.27. The van der Waals surface area contributed by atoms with Gasteiger partial charge in [0.1, 0.15) is 17.1 Å². The molecule has 2 aromatic rings. The van der Waals surface area contributed by atoms with Gasteiger partial charge in [0.2, 0.25) is 5.91 Å². The van der Waals surface area contributed by atoms with E-state index in [4.69, 9.17) is 4.42 Å². The Morgan fingerprint density at radius 3 is 2.50 bits per heavy atom. The molecule has 0 spiro atoms. The van der Waals surface area contributed by atoms with Gasteiger partial charge in [-0.2, -0.15) is 0 Å². The van der Waals surface area contributed by atoms with Gasteiger partial charge in [-0.1, -0.05) is 13.8 Å². The Bertz CT molecular complexity index is 802. The highest BCUT2D eigenvalue weighted by molar-refractivity contribution is 5.82. The number of aryl methyl sites for hydroxylation is 1. The summed E-state index contributed by atoms with van der Waals surface area (Å²) in [5.74, 6) is 0.472. The van der Waals surface area contributed by atoms with Crippen LogP contribution in [0.15, 0.2) is 21.3 Å². The summed E-state index contributed by atoms with van der Waals surface area (Å²) in [7, 11) is 0. The molecule has 1 aromatic carbocycles. The molecule has 118 valence electrons. The molecule has 1 amide bonds. The van der Waals surface area contributed by atoms with E-state index in [0.29, 0.717) is 34.4 Å². The summed E-state index contributed by atoms with van der Waals surface area (Å²) in [4.78, 5) is 23.7. The molecule has 2 N–H and O–H groups in total. The molecular formula is C17H21NO4. The molecule has 2 rings (SSSR count). The number of carbonyl (C=O) groups excluding carboxylic acids is 1. The number of rotatable bonds is 3. The zero-order valence-corrected chi connectivity index (χ0v) is 13.5. The normalized spacial score (nSPS) is 11.7. The zero-order valence-electron chi connectivity index (χ0n) is 13.5. The fraction of sp³-hybridized carbons (Fsp3) is 0.412. The molecule has 0 saturated heterocycles. The molecule has 1 heterocycles. The molecule has 5 nitrogen and oxygen atoms in total. The topological polar surface area (TPSA) is 79.5 Å². The zero-order chi connectivity index (χ0) is 16.7. The first-order chi connectivity index (χ1) is 10.1. The Kier molecular flexibility index (Phi) is 4.00. The van der Waals surface area contributed by atoms with Crippen LogP contribution in [0.5, 0.6) is 5.75 Å². The maximum absolute atomic E-state index is 12.6. The second kappa shape index (κ2) is 5.48. The predicted octanol–water partition coefficient (Wildman–Crippen LogP) is 2.53. The Morgan fingerprint density at radius 2 is 1.91 bits per heavy atom. The molecule has 0 aliphatic carbocycles. The van der Waals surface area contributed by atoms with Crippen molar-refractivity contribution in [3.05, 3.63) is 39.2 Å². The molecule has 0 saturated carbocycles. The number of fused-ring (bicyclic) bond motifs is 1. The van der Waals surface area contributed by atoms with Gasteiger partial charge in [-0.3, -0.25) is 9.59 Å². The fourth-order valence-electron chi connectivity index (χ4n) is 2.55. The first-order valence-corrected chi connectivity index (χ1v) is 7.16. The first kappa shape index (κ1) is 16.1. The largest absolute Gasteiger partial charge is 0.508 e. The van der Waals surface area contributed by atoms with E-state index in [1.165, 1.54) is 13.0 Å². The summed E-state index contributed by atoms with van der Waals surface area (Å²) in [5.41, 5.74) is 0.789. The predicted molar refractivity (Wildman–Crippen MR) is 85.3 cm³/mol. The van der Waals surface area contributed by atoms with Crippen molar-refractivity contribution >= 4 is 16.9 Å². The number of nitrogens with one attached hydrogen (secondary N) is 1. The Hall–Kier alpha value is -2.30. The molecule has 0 bridgehead atoms. The van der Waals surface area contributed by atoms with Crippen LogP contribution in [-0.2, 0) is 10.2 Å². The first-order valence-electron chi connectivity index (χ1n) is 7.16. The van der Waals surface area contributed by atoms with Crippen LogP contribution < -0.4 is 10.7 Å². The number of hydrogen-bond donors (Lipinski definition) is 2.